The second kappa shape index (κ2) is 8.18. The van der Waals surface area contributed by atoms with E-state index in [1.165, 1.54) is 12.8 Å². The van der Waals surface area contributed by atoms with Crippen molar-refractivity contribution in [3.63, 3.8) is 0 Å². The number of rotatable bonds is 4. The van der Waals surface area contributed by atoms with Crippen LogP contribution in [0.2, 0.25) is 0 Å². The van der Waals surface area contributed by atoms with Gasteiger partial charge in [-0.05, 0) is 39.5 Å². The summed E-state index contributed by atoms with van der Waals surface area (Å²) in [4.78, 5) is 21.2. The van der Waals surface area contributed by atoms with Crippen LogP contribution in [0.1, 0.15) is 79.2 Å². The average molecular weight is 470 g/mol. The summed E-state index contributed by atoms with van der Waals surface area (Å²) < 4.78 is 35.8. The highest BCUT2D eigenvalue weighted by molar-refractivity contribution is 5.75. The molecule has 0 bridgehead atoms. The summed E-state index contributed by atoms with van der Waals surface area (Å²) in [5.41, 5.74) is 4.59. The van der Waals surface area contributed by atoms with Crippen molar-refractivity contribution in [2.45, 2.75) is 76.4 Å². The Kier molecular flexibility index (Phi) is 5.24. The molecular weight excluding hydrogens is 440 g/mol. The zero-order valence-corrected chi connectivity index (χ0v) is 19.5. The molecule has 34 heavy (non-hydrogen) atoms. The number of ether oxygens (including phenoxy) is 1. The Labute approximate surface area is 196 Å². The van der Waals surface area contributed by atoms with E-state index in [-0.39, 0.29) is 24.9 Å². The van der Waals surface area contributed by atoms with Gasteiger partial charge in [-0.3, -0.25) is 4.68 Å². The molecule has 0 spiro atoms. The maximum atomic E-state index is 13.9. The maximum Gasteiger partial charge on any atom is 0.248 e. The number of aryl methyl sites for hydroxylation is 2. The number of nitrogens with zero attached hydrogens (tertiary/aromatic N) is 7. The van der Waals surface area contributed by atoms with Crippen molar-refractivity contribution in [3.8, 4) is 0 Å². The summed E-state index contributed by atoms with van der Waals surface area (Å²) in [5.74, 6) is -2.10. The van der Waals surface area contributed by atoms with Gasteiger partial charge in [-0.1, -0.05) is 0 Å². The summed E-state index contributed by atoms with van der Waals surface area (Å²) >= 11 is 0. The molecule has 0 radical (unpaired) electrons. The minimum atomic E-state index is -2.59. The number of fused-ring (bicyclic) bond motifs is 1. The molecule has 4 heterocycles. The summed E-state index contributed by atoms with van der Waals surface area (Å²) in [6.45, 7) is 5.61. The first-order valence-corrected chi connectivity index (χ1v) is 12.2. The number of morpholine rings is 1. The van der Waals surface area contributed by atoms with E-state index in [4.69, 9.17) is 19.7 Å². The molecule has 3 aromatic rings. The minimum Gasteiger partial charge on any atom is -0.370 e. The van der Waals surface area contributed by atoms with Crippen LogP contribution in [0.25, 0.3) is 11.2 Å². The third-order valence-electron chi connectivity index (χ3n) is 7.32. The van der Waals surface area contributed by atoms with Crippen molar-refractivity contribution in [2.75, 3.05) is 24.6 Å². The van der Waals surface area contributed by atoms with E-state index < -0.39 is 5.92 Å². The van der Waals surface area contributed by atoms with Gasteiger partial charge in [0, 0.05) is 37.1 Å². The van der Waals surface area contributed by atoms with Crippen molar-refractivity contribution < 1.29 is 13.5 Å². The fourth-order valence-corrected chi connectivity index (χ4v) is 4.95. The minimum absolute atomic E-state index is 0.0751. The van der Waals surface area contributed by atoms with Gasteiger partial charge < -0.3 is 9.64 Å². The molecule has 3 aliphatic rings. The van der Waals surface area contributed by atoms with Crippen molar-refractivity contribution in [2.24, 2.45) is 0 Å². The second-order valence-corrected chi connectivity index (χ2v) is 9.90. The Balaban J connectivity index is 1.33. The lowest BCUT2D eigenvalue weighted by molar-refractivity contribution is -0.0384. The van der Waals surface area contributed by atoms with Crippen LogP contribution in [-0.2, 0) is 4.74 Å². The van der Waals surface area contributed by atoms with Crippen LogP contribution in [0.4, 0.5) is 14.7 Å². The third-order valence-corrected chi connectivity index (χ3v) is 7.32. The van der Waals surface area contributed by atoms with Crippen LogP contribution >= 0.6 is 0 Å². The Morgan fingerprint density at radius 2 is 1.76 bits per heavy atom. The zero-order chi connectivity index (χ0) is 23.4. The predicted molar refractivity (Wildman–Crippen MR) is 122 cm³/mol. The highest BCUT2D eigenvalue weighted by Gasteiger charge is 2.37. The fourth-order valence-electron chi connectivity index (χ4n) is 4.95. The van der Waals surface area contributed by atoms with E-state index in [9.17, 15) is 8.78 Å². The van der Waals surface area contributed by atoms with Crippen LogP contribution in [0.3, 0.4) is 0 Å². The first kappa shape index (κ1) is 21.8. The van der Waals surface area contributed by atoms with Gasteiger partial charge in [-0.25, -0.2) is 23.7 Å². The molecule has 180 valence electrons. The number of hydrogen-bond acceptors (Lipinski definition) is 7. The highest BCUT2D eigenvalue weighted by Crippen LogP contribution is 2.42. The van der Waals surface area contributed by atoms with E-state index >= 15 is 0 Å². The highest BCUT2D eigenvalue weighted by atomic mass is 19.3. The molecule has 1 atom stereocenters. The van der Waals surface area contributed by atoms with Crippen LogP contribution in [0, 0.1) is 13.8 Å². The largest absolute Gasteiger partial charge is 0.370 e. The van der Waals surface area contributed by atoms with Crippen molar-refractivity contribution in [3.05, 3.63) is 35.0 Å². The molecule has 10 heteroatoms. The van der Waals surface area contributed by atoms with Gasteiger partial charge in [0.25, 0.3) is 0 Å². The van der Waals surface area contributed by atoms with Gasteiger partial charge in [-0.2, -0.15) is 10.1 Å². The lowest BCUT2D eigenvalue weighted by atomic mass is 9.84. The van der Waals surface area contributed by atoms with Crippen molar-refractivity contribution in [1.29, 1.82) is 0 Å². The van der Waals surface area contributed by atoms with Gasteiger partial charge in [0.05, 0.1) is 42.5 Å². The lowest BCUT2D eigenvalue weighted by Crippen LogP contribution is -2.39. The first-order valence-electron chi connectivity index (χ1n) is 12.2. The Morgan fingerprint density at radius 1 is 1.00 bits per heavy atom. The molecule has 0 aromatic carbocycles. The Morgan fingerprint density at radius 3 is 2.53 bits per heavy atom. The van der Waals surface area contributed by atoms with Crippen LogP contribution in [0.15, 0.2) is 12.4 Å². The average Bonchev–Trinajstić information content (AvgIpc) is 3.56. The SMILES string of the molecule is Cc1nc2nc(N3CCOC(c4cnn(C5CC5)c4)C3)nc(C3CCC(F)(F)CC3)c2nc1C. The molecule has 3 fully saturated rings. The third kappa shape index (κ3) is 4.12. The molecule has 2 aliphatic carbocycles. The van der Waals surface area contributed by atoms with E-state index in [2.05, 4.69) is 21.2 Å². The monoisotopic (exact) mass is 469 g/mol. The molecule has 0 N–H and O–H groups in total. The fraction of sp³-hybridized carbons (Fsp3) is 0.625. The normalized spacial score (nSPS) is 23.5. The number of alkyl halides is 2. The van der Waals surface area contributed by atoms with Crippen molar-refractivity contribution in [1.82, 2.24) is 29.7 Å². The number of halogens is 2. The van der Waals surface area contributed by atoms with E-state index in [0.29, 0.717) is 55.7 Å². The molecule has 2 saturated carbocycles. The van der Waals surface area contributed by atoms with E-state index in [1.807, 2.05) is 24.7 Å². The van der Waals surface area contributed by atoms with Gasteiger partial charge in [0.15, 0.2) is 5.65 Å². The van der Waals surface area contributed by atoms with E-state index in [1.54, 1.807) is 0 Å². The standard InChI is InChI=1S/C24H29F2N7O/c1-14-15(2)29-22-21(28-14)20(16-5-7-24(25,26)8-6-16)30-23(31-22)32-9-10-34-19(13-32)17-11-27-33(12-17)18-3-4-18/h11-12,16,18-19H,3-10,13H2,1-2H3. The molecule has 8 nitrogen and oxygen atoms in total. The zero-order valence-electron chi connectivity index (χ0n) is 19.5. The summed E-state index contributed by atoms with van der Waals surface area (Å²) in [7, 11) is 0. The molecule has 0 amide bonds. The predicted octanol–water partition coefficient (Wildman–Crippen LogP) is 4.44. The lowest BCUT2D eigenvalue weighted by Gasteiger charge is -2.33. The summed E-state index contributed by atoms with van der Waals surface area (Å²) in [6.07, 6.45) is 6.74. The number of anilines is 1. The smallest absolute Gasteiger partial charge is 0.248 e. The van der Waals surface area contributed by atoms with Gasteiger partial charge in [-0.15, -0.1) is 0 Å². The molecule has 1 aliphatic heterocycles. The molecule has 3 aromatic heterocycles. The quantitative estimate of drug-likeness (QED) is 0.559. The van der Waals surface area contributed by atoms with Crippen LogP contribution in [0.5, 0.6) is 0 Å². The van der Waals surface area contributed by atoms with Gasteiger partial charge in [0.1, 0.15) is 11.6 Å². The Bertz CT molecular complexity index is 1220. The summed E-state index contributed by atoms with van der Waals surface area (Å²) in [5, 5.41) is 4.50. The number of hydrogen-bond donors (Lipinski definition) is 0. The van der Waals surface area contributed by atoms with Crippen LogP contribution < -0.4 is 4.90 Å². The molecule has 6 rings (SSSR count). The molecule has 1 unspecified atom stereocenters. The molecular formula is C24H29F2N7O. The second-order valence-electron chi connectivity index (χ2n) is 9.90. The maximum absolute atomic E-state index is 13.9. The topological polar surface area (TPSA) is 81.9 Å². The molecule has 1 saturated heterocycles. The van der Waals surface area contributed by atoms with Crippen LogP contribution in [-0.4, -0.2) is 55.3 Å². The van der Waals surface area contributed by atoms with E-state index in [0.717, 1.165) is 22.6 Å². The summed E-state index contributed by atoms with van der Waals surface area (Å²) in [6, 6.07) is 0.521. The van der Waals surface area contributed by atoms with Gasteiger partial charge in [0.2, 0.25) is 11.9 Å². The first-order chi connectivity index (χ1) is 16.4. The van der Waals surface area contributed by atoms with Crippen molar-refractivity contribution >= 4 is 17.1 Å². The number of aromatic nitrogens is 6. The Hall–Kier alpha value is -2.75. The van der Waals surface area contributed by atoms with Gasteiger partial charge >= 0.3 is 0 Å².